The van der Waals surface area contributed by atoms with E-state index in [1.54, 1.807) is 27.7 Å². The Kier molecular flexibility index (Phi) is 5.57. The number of ether oxygens (including phenoxy) is 2. The molecule has 1 N–H and O–H groups in total. The molecule has 1 fully saturated rings. The number of aliphatic hydroxyl groups is 1. The van der Waals surface area contributed by atoms with Gasteiger partial charge in [-0.3, -0.25) is 9.59 Å². The van der Waals surface area contributed by atoms with Gasteiger partial charge in [0.25, 0.3) is 0 Å². The highest BCUT2D eigenvalue weighted by Gasteiger charge is 2.37. The zero-order valence-electron chi connectivity index (χ0n) is 12.9. The van der Waals surface area contributed by atoms with Crippen LogP contribution >= 0.6 is 0 Å². The maximum atomic E-state index is 11.8. The fourth-order valence-electron chi connectivity index (χ4n) is 2.34. The van der Waals surface area contributed by atoms with Gasteiger partial charge in [-0.1, -0.05) is 6.92 Å². The van der Waals surface area contributed by atoms with E-state index >= 15 is 0 Å². The van der Waals surface area contributed by atoms with Crippen molar-refractivity contribution in [1.29, 1.82) is 0 Å². The van der Waals surface area contributed by atoms with Crippen LogP contribution in [-0.4, -0.2) is 34.4 Å². The van der Waals surface area contributed by atoms with E-state index in [-0.39, 0.29) is 24.5 Å². The zero-order valence-corrected chi connectivity index (χ0v) is 12.9. The number of carbonyl (C=O) groups excluding carboxylic acids is 2. The number of carbonyl (C=O) groups is 2. The van der Waals surface area contributed by atoms with Crippen molar-refractivity contribution in [2.24, 2.45) is 0 Å². The first-order chi connectivity index (χ1) is 9.13. The molecule has 0 aromatic carbocycles. The van der Waals surface area contributed by atoms with Crippen molar-refractivity contribution in [2.75, 3.05) is 0 Å². The van der Waals surface area contributed by atoms with Crippen LogP contribution in [0.25, 0.3) is 0 Å². The van der Waals surface area contributed by atoms with Crippen molar-refractivity contribution < 1.29 is 24.2 Å². The minimum Gasteiger partial charge on any atom is -0.462 e. The van der Waals surface area contributed by atoms with Gasteiger partial charge in [0, 0.05) is 6.42 Å². The summed E-state index contributed by atoms with van der Waals surface area (Å²) in [6.07, 6.45) is 2.30. The molecule has 1 aliphatic carbocycles. The molecule has 0 unspecified atom stereocenters. The smallest absolute Gasteiger partial charge is 0.309 e. The Morgan fingerprint density at radius 1 is 1.20 bits per heavy atom. The molecule has 0 bridgehead atoms. The van der Waals surface area contributed by atoms with E-state index in [1.165, 1.54) is 0 Å². The van der Waals surface area contributed by atoms with E-state index in [0.717, 1.165) is 0 Å². The van der Waals surface area contributed by atoms with Gasteiger partial charge in [-0.15, -0.1) is 0 Å². The van der Waals surface area contributed by atoms with Gasteiger partial charge < -0.3 is 14.6 Å². The van der Waals surface area contributed by atoms with Crippen LogP contribution < -0.4 is 0 Å². The molecule has 1 saturated carbocycles. The van der Waals surface area contributed by atoms with Gasteiger partial charge in [0.05, 0.1) is 12.0 Å². The molecule has 5 heteroatoms. The molecule has 0 aromatic heterocycles. The Labute approximate surface area is 120 Å². The third kappa shape index (κ3) is 5.90. The minimum absolute atomic E-state index is 0.00128. The topological polar surface area (TPSA) is 72.8 Å². The normalized spacial score (nSPS) is 26.9. The fraction of sp³-hybridized carbons (Fsp3) is 0.867. The average molecular weight is 286 g/mol. The predicted molar refractivity (Wildman–Crippen MR) is 74.1 cm³/mol. The monoisotopic (exact) mass is 286 g/mol. The molecule has 0 aromatic rings. The average Bonchev–Trinajstić information content (AvgIpc) is 2.29. The van der Waals surface area contributed by atoms with Crippen molar-refractivity contribution >= 4 is 11.9 Å². The van der Waals surface area contributed by atoms with Gasteiger partial charge in [0.2, 0.25) is 0 Å². The Hall–Kier alpha value is -1.10. The first-order valence-corrected chi connectivity index (χ1v) is 7.27. The molecular weight excluding hydrogens is 260 g/mol. The summed E-state index contributed by atoms with van der Waals surface area (Å²) in [7, 11) is 0. The fourth-order valence-corrected chi connectivity index (χ4v) is 2.34. The SMILES string of the molecule is CCC(=O)OC1CCC(O)(CC(=O)OC(C)(C)C)CC1. The van der Waals surface area contributed by atoms with Crippen LogP contribution in [0.3, 0.4) is 0 Å². The second-order valence-corrected chi connectivity index (χ2v) is 6.53. The van der Waals surface area contributed by atoms with Crippen molar-refractivity contribution in [3.63, 3.8) is 0 Å². The Morgan fingerprint density at radius 3 is 2.20 bits per heavy atom. The summed E-state index contributed by atoms with van der Waals surface area (Å²) in [4.78, 5) is 23.0. The van der Waals surface area contributed by atoms with Crippen LogP contribution in [0.15, 0.2) is 0 Å². The molecule has 0 amide bonds. The molecule has 0 radical (unpaired) electrons. The lowest BCUT2D eigenvalue weighted by molar-refractivity contribution is -0.165. The maximum absolute atomic E-state index is 11.8. The number of esters is 2. The highest BCUT2D eigenvalue weighted by atomic mass is 16.6. The van der Waals surface area contributed by atoms with Gasteiger partial charge in [-0.2, -0.15) is 0 Å². The Bertz CT molecular complexity index is 348. The summed E-state index contributed by atoms with van der Waals surface area (Å²) in [6, 6.07) is 0. The standard InChI is InChI=1S/C15H26O5/c1-5-12(16)19-11-6-8-15(18,9-7-11)10-13(17)20-14(2,3)4/h11,18H,5-10H2,1-4H3. The Balaban J connectivity index is 2.42. The zero-order chi connectivity index (χ0) is 15.4. The van der Waals surface area contributed by atoms with Crippen LogP contribution in [0.4, 0.5) is 0 Å². The van der Waals surface area contributed by atoms with E-state index in [4.69, 9.17) is 9.47 Å². The molecule has 1 aliphatic rings. The molecule has 0 atom stereocenters. The highest BCUT2D eigenvalue weighted by molar-refractivity contribution is 5.71. The van der Waals surface area contributed by atoms with Gasteiger partial charge in [0.15, 0.2) is 0 Å². The third-order valence-electron chi connectivity index (χ3n) is 3.34. The van der Waals surface area contributed by atoms with Crippen molar-refractivity contribution in [1.82, 2.24) is 0 Å². The maximum Gasteiger partial charge on any atom is 0.309 e. The second-order valence-electron chi connectivity index (χ2n) is 6.53. The first-order valence-electron chi connectivity index (χ1n) is 7.27. The van der Waals surface area contributed by atoms with E-state index in [1.807, 2.05) is 0 Å². The van der Waals surface area contributed by atoms with Crippen LogP contribution in [0.1, 0.15) is 66.2 Å². The summed E-state index contributed by atoms with van der Waals surface area (Å²) in [5.41, 5.74) is -1.57. The minimum atomic E-state index is -1.03. The Morgan fingerprint density at radius 2 is 1.75 bits per heavy atom. The molecule has 20 heavy (non-hydrogen) atoms. The highest BCUT2D eigenvalue weighted by Crippen LogP contribution is 2.33. The van der Waals surface area contributed by atoms with Crippen molar-refractivity contribution in [3.05, 3.63) is 0 Å². The summed E-state index contributed by atoms with van der Waals surface area (Å²) < 4.78 is 10.5. The van der Waals surface area contributed by atoms with Crippen LogP contribution in [0.2, 0.25) is 0 Å². The summed E-state index contributed by atoms with van der Waals surface area (Å²) in [5.74, 6) is -0.600. The number of rotatable bonds is 4. The van der Waals surface area contributed by atoms with Gasteiger partial charge in [-0.05, 0) is 46.5 Å². The van der Waals surface area contributed by atoms with Crippen LogP contribution in [0.5, 0.6) is 0 Å². The lowest BCUT2D eigenvalue weighted by atomic mass is 9.81. The predicted octanol–water partition coefficient (Wildman–Crippen LogP) is 2.35. The van der Waals surface area contributed by atoms with Gasteiger partial charge in [0.1, 0.15) is 11.7 Å². The van der Waals surface area contributed by atoms with E-state index in [2.05, 4.69) is 0 Å². The second kappa shape index (κ2) is 6.57. The number of hydrogen-bond donors (Lipinski definition) is 1. The van der Waals surface area contributed by atoms with Crippen LogP contribution in [0, 0.1) is 0 Å². The molecule has 0 aliphatic heterocycles. The van der Waals surface area contributed by atoms with Gasteiger partial charge >= 0.3 is 11.9 Å². The summed E-state index contributed by atoms with van der Waals surface area (Å²) in [5, 5.41) is 10.4. The molecular formula is C15H26O5. The molecule has 5 nitrogen and oxygen atoms in total. The molecule has 0 spiro atoms. The summed E-state index contributed by atoms with van der Waals surface area (Å²) >= 11 is 0. The van der Waals surface area contributed by atoms with Crippen molar-refractivity contribution in [3.8, 4) is 0 Å². The lowest BCUT2D eigenvalue weighted by Gasteiger charge is -2.35. The molecule has 0 saturated heterocycles. The van der Waals surface area contributed by atoms with Crippen LogP contribution in [-0.2, 0) is 19.1 Å². The first kappa shape index (κ1) is 17.0. The quantitative estimate of drug-likeness (QED) is 0.803. The van der Waals surface area contributed by atoms with E-state index in [0.29, 0.717) is 32.1 Å². The third-order valence-corrected chi connectivity index (χ3v) is 3.34. The lowest BCUT2D eigenvalue weighted by Crippen LogP contribution is -2.40. The molecule has 116 valence electrons. The number of hydrogen-bond acceptors (Lipinski definition) is 5. The van der Waals surface area contributed by atoms with E-state index < -0.39 is 11.2 Å². The van der Waals surface area contributed by atoms with Gasteiger partial charge in [-0.25, -0.2) is 0 Å². The van der Waals surface area contributed by atoms with E-state index in [9.17, 15) is 14.7 Å². The molecule has 0 heterocycles. The van der Waals surface area contributed by atoms with Crippen molar-refractivity contribution in [2.45, 2.75) is 83.5 Å². The summed E-state index contributed by atoms with van der Waals surface area (Å²) in [6.45, 7) is 7.16. The molecule has 1 rings (SSSR count). The largest absolute Gasteiger partial charge is 0.462 e.